The highest BCUT2D eigenvalue weighted by Gasteiger charge is 2.32. The Hall–Kier alpha value is -1.70. The Morgan fingerprint density at radius 1 is 1.24 bits per heavy atom. The van der Waals surface area contributed by atoms with E-state index < -0.39 is 35.1 Å². The molecule has 0 saturated carbocycles. The fourth-order valence-corrected chi connectivity index (χ4v) is 1.87. The molecule has 5 nitrogen and oxygen atoms in total. The first kappa shape index (κ1) is 17.4. The number of carbonyl (C=O) groups is 2. The van der Waals surface area contributed by atoms with Crippen LogP contribution in [-0.4, -0.2) is 23.1 Å². The zero-order chi connectivity index (χ0) is 16.4. The summed E-state index contributed by atoms with van der Waals surface area (Å²) in [5.41, 5.74) is -1.13. The first-order valence-corrected chi connectivity index (χ1v) is 6.76. The maximum absolute atomic E-state index is 13.6. The predicted molar refractivity (Wildman–Crippen MR) is 77.1 cm³/mol. The van der Waals surface area contributed by atoms with E-state index in [1.807, 2.05) is 0 Å². The number of hydrogen-bond donors (Lipinski definition) is 3. The number of benzene rings is 1. The molecule has 0 aliphatic rings. The predicted octanol–water partition coefficient (Wildman–Crippen LogP) is 3.35. The van der Waals surface area contributed by atoms with E-state index in [4.69, 9.17) is 5.11 Å². The second-order valence-corrected chi connectivity index (χ2v) is 6.34. The lowest BCUT2D eigenvalue weighted by molar-refractivity contribution is -0.141. The van der Waals surface area contributed by atoms with Crippen molar-refractivity contribution in [1.82, 2.24) is 5.32 Å². The van der Waals surface area contributed by atoms with E-state index >= 15 is 0 Å². The first-order valence-electron chi connectivity index (χ1n) is 5.97. The highest BCUT2D eigenvalue weighted by atomic mass is 79.9. The van der Waals surface area contributed by atoms with Gasteiger partial charge in [0.1, 0.15) is 17.7 Å². The Morgan fingerprint density at radius 2 is 1.81 bits per heavy atom. The summed E-state index contributed by atoms with van der Waals surface area (Å²) in [6, 6.07) is -0.450. The van der Waals surface area contributed by atoms with Crippen LogP contribution >= 0.6 is 15.9 Å². The molecule has 0 aromatic heterocycles. The largest absolute Gasteiger partial charge is 0.480 e. The Kier molecular flexibility index (Phi) is 5.27. The fraction of sp³-hybridized carbons (Fsp3) is 0.385. The van der Waals surface area contributed by atoms with Gasteiger partial charge in [0.05, 0.1) is 10.2 Å². The summed E-state index contributed by atoms with van der Waals surface area (Å²) in [6.07, 6.45) is 0. The minimum atomic E-state index is -1.22. The van der Waals surface area contributed by atoms with Gasteiger partial charge in [-0.3, -0.25) is 0 Å². The van der Waals surface area contributed by atoms with Crippen LogP contribution in [0, 0.1) is 17.0 Å². The maximum atomic E-state index is 13.6. The van der Waals surface area contributed by atoms with Crippen molar-refractivity contribution in [1.29, 1.82) is 0 Å². The average molecular weight is 365 g/mol. The molecule has 0 spiro atoms. The summed E-state index contributed by atoms with van der Waals surface area (Å²) in [6.45, 7) is 4.89. The van der Waals surface area contributed by atoms with Crippen molar-refractivity contribution in [2.45, 2.75) is 26.8 Å². The third-order valence-electron chi connectivity index (χ3n) is 2.65. The lowest BCUT2D eigenvalue weighted by atomic mass is 9.87. The van der Waals surface area contributed by atoms with E-state index in [9.17, 15) is 18.4 Å². The van der Waals surface area contributed by atoms with Crippen molar-refractivity contribution in [3.63, 3.8) is 0 Å². The van der Waals surface area contributed by atoms with E-state index in [-0.39, 0.29) is 10.2 Å². The number of carboxylic acid groups (broad SMARTS) is 1. The standard InChI is InChI=1S/C13H15BrF2N2O3/c1-13(2,3)10(11(19)20)18-12(21)17-9-5-7(15)6(14)4-8(9)16/h4-5,10H,1-3H3,(H,19,20)(H2,17,18,21)/t10-/m1/s1. The Balaban J connectivity index is 2.87. The Bertz CT molecular complexity index is 573. The molecule has 1 atom stereocenters. The van der Waals surface area contributed by atoms with Crippen LogP contribution in [0.15, 0.2) is 16.6 Å². The minimum absolute atomic E-state index is 0.0796. The van der Waals surface area contributed by atoms with Crippen LogP contribution in [-0.2, 0) is 4.79 Å². The molecule has 0 saturated heterocycles. The Labute approximate surface area is 128 Å². The number of aliphatic carboxylic acids is 1. The molecule has 0 bridgehead atoms. The molecule has 116 valence electrons. The molecule has 0 aliphatic heterocycles. The molecule has 0 aliphatic carbocycles. The number of amides is 2. The molecule has 0 unspecified atom stereocenters. The summed E-state index contributed by atoms with van der Waals surface area (Å²) in [7, 11) is 0. The summed E-state index contributed by atoms with van der Waals surface area (Å²) >= 11 is 2.81. The molecular weight excluding hydrogens is 350 g/mol. The highest BCUT2D eigenvalue weighted by molar-refractivity contribution is 9.10. The van der Waals surface area contributed by atoms with Gasteiger partial charge in [-0.25, -0.2) is 18.4 Å². The van der Waals surface area contributed by atoms with Crippen molar-refractivity contribution in [2.24, 2.45) is 5.41 Å². The average Bonchev–Trinajstić information content (AvgIpc) is 2.31. The van der Waals surface area contributed by atoms with Crippen LogP contribution in [0.3, 0.4) is 0 Å². The van der Waals surface area contributed by atoms with E-state index in [2.05, 4.69) is 26.6 Å². The van der Waals surface area contributed by atoms with Gasteiger partial charge in [0.25, 0.3) is 0 Å². The number of hydrogen-bond acceptors (Lipinski definition) is 2. The second kappa shape index (κ2) is 6.38. The Morgan fingerprint density at radius 3 is 2.29 bits per heavy atom. The third kappa shape index (κ3) is 4.66. The number of nitrogens with one attached hydrogen (secondary N) is 2. The topological polar surface area (TPSA) is 78.4 Å². The van der Waals surface area contributed by atoms with Crippen LogP contribution in [0.2, 0.25) is 0 Å². The normalized spacial score (nSPS) is 12.7. The summed E-state index contributed by atoms with van der Waals surface area (Å²) in [4.78, 5) is 22.9. The van der Waals surface area contributed by atoms with Crippen LogP contribution < -0.4 is 10.6 Å². The minimum Gasteiger partial charge on any atom is -0.480 e. The number of carbonyl (C=O) groups excluding carboxylic acids is 1. The molecule has 2 amide bonds. The zero-order valence-corrected chi connectivity index (χ0v) is 13.2. The lowest BCUT2D eigenvalue weighted by Gasteiger charge is -2.27. The molecule has 0 radical (unpaired) electrons. The van der Waals surface area contributed by atoms with Crippen LogP contribution in [0.4, 0.5) is 19.3 Å². The van der Waals surface area contributed by atoms with Gasteiger partial charge in [-0.2, -0.15) is 0 Å². The molecule has 0 fully saturated rings. The first-order chi connectivity index (χ1) is 9.52. The molecule has 3 N–H and O–H groups in total. The van der Waals surface area contributed by atoms with Crippen molar-refractivity contribution in [3.8, 4) is 0 Å². The number of carboxylic acids is 1. The van der Waals surface area contributed by atoms with Gasteiger partial charge < -0.3 is 15.7 Å². The van der Waals surface area contributed by atoms with Gasteiger partial charge >= 0.3 is 12.0 Å². The molecule has 1 rings (SSSR count). The van der Waals surface area contributed by atoms with Crippen LogP contribution in [0.1, 0.15) is 20.8 Å². The molecular formula is C13H15BrF2N2O3. The molecule has 8 heteroatoms. The number of urea groups is 1. The SMILES string of the molecule is CC(C)(C)[C@H](NC(=O)Nc1cc(F)c(Br)cc1F)C(=O)O. The van der Waals surface area contributed by atoms with Gasteiger partial charge in [0.2, 0.25) is 0 Å². The van der Waals surface area contributed by atoms with Crippen molar-refractivity contribution < 1.29 is 23.5 Å². The maximum Gasteiger partial charge on any atom is 0.326 e. The summed E-state index contributed by atoms with van der Waals surface area (Å²) < 4.78 is 26.8. The van der Waals surface area contributed by atoms with Crippen molar-refractivity contribution >= 4 is 33.6 Å². The molecule has 1 aromatic carbocycles. The quantitative estimate of drug-likeness (QED) is 0.719. The third-order valence-corrected chi connectivity index (χ3v) is 3.25. The van der Waals surface area contributed by atoms with Gasteiger partial charge in [0.15, 0.2) is 0 Å². The number of rotatable bonds is 3. The van der Waals surface area contributed by atoms with E-state index in [0.29, 0.717) is 0 Å². The van der Waals surface area contributed by atoms with Crippen molar-refractivity contribution in [3.05, 3.63) is 28.2 Å². The lowest BCUT2D eigenvalue weighted by Crippen LogP contribution is -2.50. The van der Waals surface area contributed by atoms with Crippen LogP contribution in [0.25, 0.3) is 0 Å². The second-order valence-electron chi connectivity index (χ2n) is 5.48. The molecule has 21 heavy (non-hydrogen) atoms. The van der Waals surface area contributed by atoms with Gasteiger partial charge in [0, 0.05) is 6.07 Å². The van der Waals surface area contributed by atoms with Crippen molar-refractivity contribution in [2.75, 3.05) is 5.32 Å². The van der Waals surface area contributed by atoms with Gasteiger partial charge in [-0.15, -0.1) is 0 Å². The molecule has 0 heterocycles. The number of anilines is 1. The van der Waals surface area contributed by atoms with E-state index in [0.717, 1.165) is 12.1 Å². The monoisotopic (exact) mass is 364 g/mol. The van der Waals surface area contributed by atoms with E-state index in [1.54, 1.807) is 20.8 Å². The summed E-state index contributed by atoms with van der Waals surface area (Å²) in [5.74, 6) is -2.82. The number of halogens is 3. The fourth-order valence-electron chi connectivity index (χ4n) is 1.56. The molecule has 1 aromatic rings. The van der Waals surface area contributed by atoms with Gasteiger partial charge in [-0.05, 0) is 27.4 Å². The van der Waals surface area contributed by atoms with E-state index in [1.165, 1.54) is 0 Å². The smallest absolute Gasteiger partial charge is 0.326 e. The van der Waals surface area contributed by atoms with Crippen LogP contribution in [0.5, 0.6) is 0 Å². The van der Waals surface area contributed by atoms with Gasteiger partial charge in [-0.1, -0.05) is 20.8 Å². The zero-order valence-electron chi connectivity index (χ0n) is 11.6. The highest BCUT2D eigenvalue weighted by Crippen LogP contribution is 2.24. The summed E-state index contributed by atoms with van der Waals surface area (Å²) in [5, 5.41) is 13.4.